The van der Waals surface area contributed by atoms with Crippen molar-refractivity contribution in [2.45, 2.75) is 24.5 Å². The van der Waals surface area contributed by atoms with E-state index in [4.69, 9.17) is 0 Å². The molecule has 2 saturated carbocycles. The minimum Gasteiger partial charge on any atom is -0.273 e. The van der Waals surface area contributed by atoms with Gasteiger partial charge in [-0.25, -0.2) is 8.42 Å². The summed E-state index contributed by atoms with van der Waals surface area (Å²) in [6.45, 7) is 3.55. The molecule has 1 N–H and O–H groups in total. The Morgan fingerprint density at radius 1 is 1.50 bits per heavy atom. The van der Waals surface area contributed by atoms with E-state index in [9.17, 15) is 13.2 Å². The van der Waals surface area contributed by atoms with Crippen molar-refractivity contribution >= 4 is 15.9 Å². The van der Waals surface area contributed by atoms with Gasteiger partial charge in [0.15, 0.2) is 0 Å². The number of hydrogen-bond acceptors (Lipinski definition) is 3. The number of amides is 1. The molecule has 2 aliphatic carbocycles. The maximum Gasteiger partial charge on any atom is 0.241 e. The van der Waals surface area contributed by atoms with Crippen LogP contribution in [0.15, 0.2) is 12.7 Å². The first-order chi connectivity index (χ1) is 6.54. The van der Waals surface area contributed by atoms with Crippen LogP contribution < -0.4 is 4.72 Å². The molecule has 0 saturated heterocycles. The van der Waals surface area contributed by atoms with Crippen LogP contribution in [-0.2, 0) is 14.8 Å². The van der Waals surface area contributed by atoms with Gasteiger partial charge < -0.3 is 0 Å². The number of nitrogens with one attached hydrogen (secondary N) is 1. The SMILES string of the molecule is C=C[C@H]1C[C]1C(=O)NS(=O)(=O)C1CC1. The van der Waals surface area contributed by atoms with E-state index in [0.29, 0.717) is 25.2 Å². The molecule has 0 aromatic rings. The summed E-state index contributed by atoms with van der Waals surface area (Å²) in [6.07, 6.45) is 3.65. The minimum atomic E-state index is -3.38. The maximum absolute atomic E-state index is 11.4. The molecule has 0 spiro atoms. The Morgan fingerprint density at radius 2 is 2.14 bits per heavy atom. The van der Waals surface area contributed by atoms with Crippen LogP contribution in [-0.4, -0.2) is 19.6 Å². The van der Waals surface area contributed by atoms with E-state index >= 15 is 0 Å². The van der Waals surface area contributed by atoms with Gasteiger partial charge in [-0.05, 0) is 25.2 Å². The lowest BCUT2D eigenvalue weighted by Crippen LogP contribution is -2.34. The number of carbonyl (C=O) groups is 1. The molecule has 0 unspecified atom stereocenters. The lowest BCUT2D eigenvalue weighted by molar-refractivity contribution is -0.116. The van der Waals surface area contributed by atoms with Gasteiger partial charge in [-0.2, -0.15) is 0 Å². The van der Waals surface area contributed by atoms with E-state index in [1.165, 1.54) is 0 Å². The monoisotopic (exact) mass is 214 g/mol. The molecule has 1 atom stereocenters. The predicted octanol–water partition coefficient (Wildman–Crippen LogP) is 0.375. The molecule has 5 heteroatoms. The van der Waals surface area contributed by atoms with Gasteiger partial charge in [0.2, 0.25) is 15.9 Å². The number of hydrogen-bond donors (Lipinski definition) is 1. The fraction of sp³-hybridized carbons (Fsp3) is 0.556. The van der Waals surface area contributed by atoms with E-state index in [1.807, 2.05) is 0 Å². The van der Waals surface area contributed by atoms with Gasteiger partial charge in [0.05, 0.1) is 11.2 Å². The van der Waals surface area contributed by atoms with Gasteiger partial charge in [0.1, 0.15) is 0 Å². The number of allylic oxidation sites excluding steroid dienone is 1. The third kappa shape index (κ3) is 1.82. The fourth-order valence-electron chi connectivity index (χ4n) is 1.32. The van der Waals surface area contributed by atoms with Gasteiger partial charge in [-0.1, -0.05) is 6.08 Å². The second kappa shape index (κ2) is 3.08. The van der Waals surface area contributed by atoms with E-state index in [0.717, 1.165) is 0 Å². The lowest BCUT2D eigenvalue weighted by atomic mass is 10.3. The molecule has 77 valence electrons. The van der Waals surface area contributed by atoms with Gasteiger partial charge >= 0.3 is 0 Å². The first-order valence-electron chi connectivity index (χ1n) is 4.59. The third-order valence-electron chi connectivity index (χ3n) is 2.50. The first kappa shape index (κ1) is 9.71. The van der Waals surface area contributed by atoms with Crippen LogP contribution in [0.4, 0.5) is 0 Å². The van der Waals surface area contributed by atoms with Crippen LogP contribution in [0.2, 0.25) is 0 Å². The summed E-state index contributed by atoms with van der Waals surface area (Å²) in [5.74, 6) is 0.274. The fourth-order valence-corrected chi connectivity index (χ4v) is 2.63. The zero-order valence-corrected chi connectivity index (χ0v) is 8.51. The lowest BCUT2D eigenvalue weighted by Gasteiger charge is -2.03. The molecule has 2 aliphatic rings. The van der Waals surface area contributed by atoms with Gasteiger partial charge in [0.25, 0.3) is 0 Å². The standard InChI is InChI=1S/C9H12NO3S/c1-2-6-5-8(6)9(11)10-14(12,13)7-3-4-7/h2,6-7H,1,3-5H2,(H,10,11)/t6-/m0/s1. The van der Waals surface area contributed by atoms with Crippen molar-refractivity contribution in [3.05, 3.63) is 18.6 Å². The molecular formula is C9H12NO3S. The predicted molar refractivity (Wildman–Crippen MR) is 51.6 cm³/mol. The Morgan fingerprint density at radius 3 is 2.57 bits per heavy atom. The highest BCUT2D eigenvalue weighted by atomic mass is 32.2. The second-order valence-electron chi connectivity index (χ2n) is 3.75. The smallest absolute Gasteiger partial charge is 0.241 e. The van der Waals surface area contributed by atoms with Crippen LogP contribution in [0, 0.1) is 11.8 Å². The van der Waals surface area contributed by atoms with Gasteiger partial charge in [-0.3, -0.25) is 9.52 Å². The molecule has 0 aromatic heterocycles. The molecule has 0 aliphatic heterocycles. The average molecular weight is 214 g/mol. The summed E-state index contributed by atoms with van der Waals surface area (Å²) in [4.78, 5) is 11.3. The molecule has 14 heavy (non-hydrogen) atoms. The molecule has 1 amide bonds. The highest BCUT2D eigenvalue weighted by Gasteiger charge is 2.45. The summed E-state index contributed by atoms with van der Waals surface area (Å²) >= 11 is 0. The van der Waals surface area contributed by atoms with Crippen LogP contribution >= 0.6 is 0 Å². The van der Waals surface area contributed by atoms with Crippen LogP contribution in [0.3, 0.4) is 0 Å². The van der Waals surface area contributed by atoms with E-state index < -0.39 is 15.9 Å². The maximum atomic E-state index is 11.4. The Balaban J connectivity index is 1.92. The van der Waals surface area contributed by atoms with Crippen LogP contribution in [0.1, 0.15) is 19.3 Å². The summed E-state index contributed by atoms with van der Waals surface area (Å²) < 4.78 is 24.8. The van der Waals surface area contributed by atoms with E-state index in [1.54, 1.807) is 6.08 Å². The summed E-state index contributed by atoms with van der Waals surface area (Å²) in [7, 11) is -3.38. The molecule has 0 heterocycles. The molecular weight excluding hydrogens is 202 g/mol. The number of carbonyl (C=O) groups excluding carboxylic acids is 1. The topological polar surface area (TPSA) is 63.2 Å². The number of sulfonamides is 1. The van der Waals surface area contributed by atoms with Gasteiger partial charge in [0, 0.05) is 0 Å². The van der Waals surface area contributed by atoms with Crippen molar-refractivity contribution in [1.29, 1.82) is 0 Å². The van der Waals surface area contributed by atoms with Crippen molar-refractivity contribution < 1.29 is 13.2 Å². The second-order valence-corrected chi connectivity index (χ2v) is 5.71. The average Bonchev–Trinajstić information content (AvgIpc) is 2.98. The van der Waals surface area contributed by atoms with Gasteiger partial charge in [-0.15, -0.1) is 6.58 Å². The zero-order chi connectivity index (χ0) is 10.3. The van der Waals surface area contributed by atoms with E-state index in [-0.39, 0.29) is 11.2 Å². The Hall–Kier alpha value is -0.840. The molecule has 2 fully saturated rings. The van der Waals surface area contributed by atoms with Crippen LogP contribution in [0.5, 0.6) is 0 Å². The number of rotatable bonds is 4. The van der Waals surface area contributed by atoms with Crippen molar-refractivity contribution in [2.75, 3.05) is 0 Å². The highest BCUT2D eigenvalue weighted by molar-refractivity contribution is 7.91. The summed E-state index contributed by atoms with van der Waals surface area (Å²) in [5.41, 5.74) is 0. The quantitative estimate of drug-likeness (QED) is 0.688. The zero-order valence-electron chi connectivity index (χ0n) is 7.69. The van der Waals surface area contributed by atoms with Crippen molar-refractivity contribution in [1.82, 2.24) is 4.72 Å². The Labute approximate surface area is 83.4 Å². The molecule has 2 rings (SSSR count). The highest BCUT2D eigenvalue weighted by Crippen LogP contribution is 2.42. The minimum absolute atomic E-state index is 0.0874. The van der Waals surface area contributed by atoms with E-state index in [2.05, 4.69) is 11.3 Å². The summed E-state index contributed by atoms with van der Waals surface area (Å²) in [6, 6.07) is 0. The van der Waals surface area contributed by atoms with Crippen LogP contribution in [0.25, 0.3) is 0 Å². The molecule has 0 aromatic carbocycles. The summed E-state index contributed by atoms with van der Waals surface area (Å²) in [5, 5.41) is -0.340. The molecule has 1 radical (unpaired) electrons. The Kier molecular flexibility index (Phi) is 2.14. The largest absolute Gasteiger partial charge is 0.273 e. The molecule has 0 bridgehead atoms. The third-order valence-corrected chi connectivity index (χ3v) is 4.32. The first-order valence-corrected chi connectivity index (χ1v) is 6.13. The van der Waals surface area contributed by atoms with Crippen molar-refractivity contribution in [3.8, 4) is 0 Å². The Bertz CT molecular complexity index is 370. The van der Waals surface area contributed by atoms with Crippen molar-refractivity contribution in [3.63, 3.8) is 0 Å². The molecule has 4 nitrogen and oxygen atoms in total. The normalized spacial score (nSPS) is 27.0. The van der Waals surface area contributed by atoms with Crippen molar-refractivity contribution in [2.24, 2.45) is 5.92 Å².